The molecule has 0 aliphatic carbocycles. The first-order valence-electron chi connectivity index (χ1n) is 19.8. The van der Waals surface area contributed by atoms with E-state index in [0.29, 0.717) is 5.82 Å². The summed E-state index contributed by atoms with van der Waals surface area (Å²) in [5.74, 6) is 0.685. The standard InChI is InChI=1S/C55H37N3/c1-4-16-36(17-5-1)49-34-43(30-40-23-11-13-25-46(40)49)42-31-44(51-35-41-24-12-15-27-48(41)53(56-51)38-19-6-2-7-20-38)33-45(32-42)55-57-50-29-28-37-18-10-14-26-47(37)52(50)54(58-55)39-21-8-3-9-22-39/h1-35,53,56H. The summed E-state index contributed by atoms with van der Waals surface area (Å²) in [6, 6.07) is 73.6. The average Bonchev–Trinajstić information content (AvgIpc) is 3.31. The molecule has 0 radical (unpaired) electrons. The quantitative estimate of drug-likeness (QED) is 0.173. The van der Waals surface area contributed by atoms with Gasteiger partial charge < -0.3 is 5.32 Å². The normalized spacial score (nSPS) is 13.6. The molecular weight excluding hydrogens is 703 g/mol. The van der Waals surface area contributed by atoms with Crippen molar-refractivity contribution in [3.8, 4) is 44.9 Å². The third kappa shape index (κ3) is 6.01. The van der Waals surface area contributed by atoms with Crippen LogP contribution in [0, 0.1) is 0 Å². The second-order valence-electron chi connectivity index (χ2n) is 15.0. The van der Waals surface area contributed by atoms with Crippen LogP contribution in [-0.4, -0.2) is 9.97 Å². The summed E-state index contributed by atoms with van der Waals surface area (Å²) in [4.78, 5) is 10.8. The van der Waals surface area contributed by atoms with Crippen molar-refractivity contribution in [2.45, 2.75) is 6.04 Å². The van der Waals surface area contributed by atoms with Crippen molar-refractivity contribution in [3.63, 3.8) is 0 Å². The maximum absolute atomic E-state index is 5.48. The molecule has 11 rings (SSSR count). The van der Waals surface area contributed by atoms with Crippen molar-refractivity contribution >= 4 is 44.2 Å². The molecule has 0 amide bonds. The van der Waals surface area contributed by atoms with Gasteiger partial charge in [-0.15, -0.1) is 0 Å². The summed E-state index contributed by atoms with van der Waals surface area (Å²) in [6.07, 6.45) is 2.29. The summed E-state index contributed by atoms with van der Waals surface area (Å²) in [7, 11) is 0. The van der Waals surface area contributed by atoms with E-state index >= 15 is 0 Å². The van der Waals surface area contributed by atoms with Crippen LogP contribution in [0.5, 0.6) is 0 Å². The molecule has 0 spiro atoms. The molecule has 3 heteroatoms. The van der Waals surface area contributed by atoms with Gasteiger partial charge in [-0.2, -0.15) is 0 Å². The van der Waals surface area contributed by atoms with E-state index in [-0.39, 0.29) is 6.04 Å². The van der Waals surface area contributed by atoms with Crippen molar-refractivity contribution in [1.29, 1.82) is 0 Å². The number of hydrogen-bond donors (Lipinski definition) is 1. The van der Waals surface area contributed by atoms with E-state index in [1.54, 1.807) is 0 Å². The van der Waals surface area contributed by atoms with Gasteiger partial charge in [0.05, 0.1) is 17.3 Å². The van der Waals surface area contributed by atoms with Gasteiger partial charge >= 0.3 is 0 Å². The van der Waals surface area contributed by atoms with Gasteiger partial charge in [-0.25, -0.2) is 9.97 Å². The molecule has 2 heterocycles. The molecule has 1 aliphatic heterocycles. The van der Waals surface area contributed by atoms with Crippen LogP contribution in [0.3, 0.4) is 0 Å². The van der Waals surface area contributed by atoms with Crippen molar-refractivity contribution < 1.29 is 0 Å². The molecule has 0 saturated heterocycles. The fourth-order valence-corrected chi connectivity index (χ4v) is 8.66. The molecule has 1 aliphatic rings. The highest BCUT2D eigenvalue weighted by atomic mass is 14.9. The van der Waals surface area contributed by atoms with Gasteiger partial charge in [-0.05, 0) is 109 Å². The van der Waals surface area contributed by atoms with Gasteiger partial charge in [0.1, 0.15) is 0 Å². The molecule has 1 unspecified atom stereocenters. The van der Waals surface area contributed by atoms with E-state index in [4.69, 9.17) is 9.97 Å². The van der Waals surface area contributed by atoms with E-state index in [2.05, 4.69) is 218 Å². The minimum atomic E-state index is -0.00950. The molecule has 272 valence electrons. The Bertz CT molecular complexity index is 3190. The second-order valence-corrected chi connectivity index (χ2v) is 15.0. The second kappa shape index (κ2) is 14.1. The summed E-state index contributed by atoms with van der Waals surface area (Å²) < 4.78 is 0. The van der Waals surface area contributed by atoms with Crippen LogP contribution >= 0.6 is 0 Å². The Kier molecular flexibility index (Phi) is 8.22. The molecule has 1 atom stereocenters. The van der Waals surface area contributed by atoms with Gasteiger partial charge in [0.25, 0.3) is 0 Å². The number of nitrogens with zero attached hydrogens (tertiary/aromatic N) is 2. The first kappa shape index (κ1) is 33.7. The molecule has 1 N–H and O–H groups in total. The average molecular weight is 740 g/mol. The zero-order chi connectivity index (χ0) is 38.4. The van der Waals surface area contributed by atoms with E-state index in [1.807, 2.05) is 0 Å². The SMILES string of the molecule is C1=C(c2cc(-c3cc(-c4ccccc4)c4ccccc4c3)cc(-c3nc(-c4ccccc4)c4c(ccc5ccccc54)n3)c2)NC(c2ccccc2)c2ccccc21. The molecule has 3 nitrogen and oxygen atoms in total. The summed E-state index contributed by atoms with van der Waals surface area (Å²) in [5, 5.41) is 9.77. The molecule has 0 saturated carbocycles. The zero-order valence-corrected chi connectivity index (χ0v) is 31.7. The Morgan fingerprint density at radius 1 is 0.414 bits per heavy atom. The third-order valence-electron chi connectivity index (χ3n) is 11.5. The number of rotatable bonds is 6. The fraction of sp³-hybridized carbons (Fsp3) is 0.0182. The Hall–Kier alpha value is -7.62. The Morgan fingerprint density at radius 2 is 1.03 bits per heavy atom. The highest BCUT2D eigenvalue weighted by molar-refractivity contribution is 6.12. The lowest BCUT2D eigenvalue weighted by molar-refractivity contribution is 0.736. The minimum Gasteiger partial charge on any atom is -0.374 e. The number of hydrogen-bond acceptors (Lipinski definition) is 3. The van der Waals surface area contributed by atoms with Crippen LogP contribution in [0.25, 0.3) is 89.1 Å². The fourth-order valence-electron chi connectivity index (χ4n) is 8.66. The van der Waals surface area contributed by atoms with Crippen molar-refractivity contribution in [3.05, 3.63) is 229 Å². The van der Waals surface area contributed by atoms with E-state index in [1.165, 1.54) is 44.0 Å². The van der Waals surface area contributed by atoms with Gasteiger partial charge in [-0.1, -0.05) is 170 Å². The molecule has 0 fully saturated rings. The Morgan fingerprint density at radius 3 is 1.84 bits per heavy atom. The Labute approximate surface area is 337 Å². The summed E-state index contributed by atoms with van der Waals surface area (Å²) >= 11 is 0. The van der Waals surface area contributed by atoms with Gasteiger partial charge in [0, 0.05) is 22.2 Å². The summed E-state index contributed by atoms with van der Waals surface area (Å²) in [5.41, 5.74) is 14.3. The molecular formula is C55H37N3. The van der Waals surface area contributed by atoms with Crippen molar-refractivity contribution in [2.24, 2.45) is 0 Å². The van der Waals surface area contributed by atoms with Gasteiger partial charge in [0.15, 0.2) is 5.82 Å². The smallest absolute Gasteiger partial charge is 0.160 e. The lowest BCUT2D eigenvalue weighted by Gasteiger charge is -2.29. The monoisotopic (exact) mass is 739 g/mol. The van der Waals surface area contributed by atoms with Crippen molar-refractivity contribution in [2.75, 3.05) is 0 Å². The van der Waals surface area contributed by atoms with E-state index in [0.717, 1.165) is 55.5 Å². The maximum atomic E-state index is 5.48. The minimum absolute atomic E-state index is 0.00950. The first-order chi connectivity index (χ1) is 28.7. The van der Waals surface area contributed by atoms with Crippen molar-refractivity contribution in [1.82, 2.24) is 15.3 Å². The lowest BCUT2D eigenvalue weighted by atomic mass is 9.88. The van der Waals surface area contributed by atoms with Gasteiger partial charge in [0.2, 0.25) is 0 Å². The van der Waals surface area contributed by atoms with Crippen LogP contribution in [-0.2, 0) is 0 Å². The highest BCUT2D eigenvalue weighted by Gasteiger charge is 2.24. The van der Waals surface area contributed by atoms with Crippen LogP contribution < -0.4 is 5.32 Å². The van der Waals surface area contributed by atoms with E-state index < -0.39 is 0 Å². The van der Waals surface area contributed by atoms with Crippen LogP contribution in [0.4, 0.5) is 0 Å². The lowest BCUT2D eigenvalue weighted by Crippen LogP contribution is -2.25. The first-order valence-corrected chi connectivity index (χ1v) is 19.8. The zero-order valence-electron chi connectivity index (χ0n) is 31.7. The van der Waals surface area contributed by atoms with Crippen LogP contribution in [0.1, 0.15) is 28.3 Å². The Balaban J connectivity index is 1.17. The predicted molar refractivity (Wildman–Crippen MR) is 242 cm³/mol. The number of fused-ring (bicyclic) bond motifs is 5. The summed E-state index contributed by atoms with van der Waals surface area (Å²) in [6.45, 7) is 0. The maximum Gasteiger partial charge on any atom is 0.160 e. The van der Waals surface area contributed by atoms with Crippen LogP contribution in [0.2, 0.25) is 0 Å². The predicted octanol–water partition coefficient (Wildman–Crippen LogP) is 13.8. The third-order valence-corrected chi connectivity index (χ3v) is 11.5. The number of aromatic nitrogens is 2. The number of benzene rings is 9. The molecule has 10 aromatic rings. The highest BCUT2D eigenvalue weighted by Crippen LogP contribution is 2.41. The topological polar surface area (TPSA) is 37.8 Å². The largest absolute Gasteiger partial charge is 0.374 e. The van der Waals surface area contributed by atoms with Gasteiger partial charge in [-0.3, -0.25) is 0 Å². The molecule has 1 aromatic heterocycles. The molecule has 0 bridgehead atoms. The van der Waals surface area contributed by atoms with Crippen LogP contribution in [0.15, 0.2) is 206 Å². The van der Waals surface area contributed by atoms with E-state index in [9.17, 15) is 0 Å². The molecule has 9 aromatic carbocycles. The molecule has 58 heavy (non-hydrogen) atoms. The number of nitrogens with one attached hydrogen (secondary N) is 1.